The van der Waals surface area contributed by atoms with Crippen molar-refractivity contribution in [2.24, 2.45) is 0 Å². The number of fused-ring (bicyclic) bond motifs is 8. The Morgan fingerprint density at radius 1 is 0.435 bits per heavy atom. The molecular weight excluding hydrogens is 749 g/mol. The fourth-order valence-corrected chi connectivity index (χ4v) is 12.3. The van der Waals surface area contributed by atoms with Crippen molar-refractivity contribution in [3.8, 4) is 33.6 Å². The predicted molar refractivity (Wildman–Crippen MR) is 264 cm³/mol. The van der Waals surface area contributed by atoms with Gasteiger partial charge in [-0.25, -0.2) is 0 Å². The topological polar surface area (TPSA) is 9.86 Å². The van der Waals surface area contributed by atoms with Gasteiger partial charge in [0.1, 0.15) is 0 Å². The summed E-state index contributed by atoms with van der Waals surface area (Å²) >= 11 is 0. The fraction of sp³-hybridized carbons (Fsp3) is 0.233. The molecule has 2 nitrogen and oxygen atoms in total. The third kappa shape index (κ3) is 5.28. The molecule has 12 rings (SSSR count). The third-order valence-corrected chi connectivity index (χ3v) is 15.3. The van der Waals surface area contributed by atoms with Gasteiger partial charge in [-0.1, -0.05) is 129 Å². The molecule has 3 aliphatic carbocycles. The summed E-state index contributed by atoms with van der Waals surface area (Å²) in [6.45, 7) is 19.0. The van der Waals surface area contributed by atoms with Crippen molar-refractivity contribution in [1.29, 1.82) is 0 Å². The zero-order chi connectivity index (χ0) is 42.3. The molecule has 3 aliphatic rings. The molecule has 4 atom stereocenters. The molecule has 9 aromatic rings. The van der Waals surface area contributed by atoms with Gasteiger partial charge < -0.3 is 9.13 Å². The summed E-state index contributed by atoms with van der Waals surface area (Å²) in [5.41, 5.74) is 29.2. The molecule has 2 heteroatoms. The Kier molecular flexibility index (Phi) is 8.18. The van der Waals surface area contributed by atoms with Crippen LogP contribution in [0.2, 0.25) is 0 Å². The number of allylic oxidation sites excluding steroid dienone is 1. The van der Waals surface area contributed by atoms with Crippen LogP contribution in [-0.4, -0.2) is 9.13 Å². The van der Waals surface area contributed by atoms with Gasteiger partial charge >= 0.3 is 0 Å². The molecule has 7 aromatic carbocycles. The first-order valence-electron chi connectivity index (χ1n) is 22.9. The van der Waals surface area contributed by atoms with Crippen molar-refractivity contribution in [2.45, 2.75) is 91.9 Å². The zero-order valence-electron chi connectivity index (χ0n) is 37.3. The van der Waals surface area contributed by atoms with Gasteiger partial charge in [0.2, 0.25) is 0 Å². The SMILES string of the molecule is Cc1cc(C)cc(C2=Cc3c(n(-c4ccccc4)c4c5c6c(cc34)C(C)C(C)c3cc4c7cc(-c8cc(C)cc(C)c8)ccc7n(-c7ccccc7)c4c(c3-6)C(C)C5C)CC2)c1. The number of aryl methyl sites for hydroxylation is 4. The summed E-state index contributed by atoms with van der Waals surface area (Å²) in [7, 11) is 0. The Bertz CT molecular complexity index is 3350. The number of para-hydroxylation sites is 2. The first kappa shape index (κ1) is 37.4. The van der Waals surface area contributed by atoms with Crippen LogP contribution < -0.4 is 0 Å². The van der Waals surface area contributed by atoms with Gasteiger partial charge in [0.25, 0.3) is 0 Å². The molecule has 304 valence electrons. The van der Waals surface area contributed by atoms with Gasteiger partial charge in [-0.3, -0.25) is 0 Å². The van der Waals surface area contributed by atoms with Gasteiger partial charge in [0.05, 0.1) is 16.6 Å². The molecule has 0 bridgehead atoms. The monoisotopic (exact) mass is 802 g/mol. The standard InChI is InChI=1S/C60H54N2/c1-33-23-34(2)26-43(25-33)41-19-21-53-49(29-41)51-31-47-37(5)38(6)48-32-52-50-30-42(44-27-35(3)24-36(4)28-44)20-22-54(50)62(46-17-13-10-14-18-46)60(52)56-40(8)39(7)55(57(47)58(48)56)59(51)61(53)45-15-11-9-12-16-45/h9-19,21,23-32,37-40H,20,22H2,1-8H3. The number of rotatable bonds is 4. The minimum atomic E-state index is 0.280. The van der Waals surface area contributed by atoms with Crippen molar-refractivity contribution < 1.29 is 0 Å². The second kappa shape index (κ2) is 13.6. The number of hydrogen-bond donors (Lipinski definition) is 0. The molecule has 0 spiro atoms. The molecule has 0 amide bonds. The molecule has 0 radical (unpaired) electrons. The van der Waals surface area contributed by atoms with E-state index in [-0.39, 0.29) is 11.8 Å². The average Bonchev–Trinajstić information content (AvgIpc) is 3.78. The highest BCUT2D eigenvalue weighted by Crippen LogP contribution is 2.61. The summed E-state index contributed by atoms with van der Waals surface area (Å²) < 4.78 is 5.28. The average molecular weight is 803 g/mol. The Hall–Kier alpha value is -6.38. The maximum absolute atomic E-state index is 2.68. The van der Waals surface area contributed by atoms with Gasteiger partial charge in [-0.2, -0.15) is 0 Å². The molecule has 2 aromatic heterocycles. The molecule has 62 heavy (non-hydrogen) atoms. The summed E-state index contributed by atoms with van der Waals surface area (Å²) in [6.07, 6.45) is 4.62. The lowest BCUT2D eigenvalue weighted by molar-refractivity contribution is 0.584. The van der Waals surface area contributed by atoms with E-state index < -0.39 is 0 Å². The zero-order valence-corrected chi connectivity index (χ0v) is 37.3. The molecule has 0 saturated carbocycles. The van der Waals surface area contributed by atoms with E-state index in [2.05, 4.69) is 198 Å². The van der Waals surface area contributed by atoms with E-state index >= 15 is 0 Å². The molecule has 0 aliphatic heterocycles. The molecule has 4 unspecified atom stereocenters. The summed E-state index contributed by atoms with van der Waals surface area (Å²) in [4.78, 5) is 0. The van der Waals surface area contributed by atoms with Crippen LogP contribution in [0.1, 0.15) is 119 Å². The van der Waals surface area contributed by atoms with Crippen molar-refractivity contribution in [2.75, 3.05) is 0 Å². The highest BCUT2D eigenvalue weighted by atomic mass is 15.0. The van der Waals surface area contributed by atoms with E-state index in [1.807, 2.05) is 0 Å². The number of benzene rings is 7. The van der Waals surface area contributed by atoms with Crippen LogP contribution in [-0.2, 0) is 6.42 Å². The predicted octanol–water partition coefficient (Wildman–Crippen LogP) is 16.2. The van der Waals surface area contributed by atoms with E-state index in [4.69, 9.17) is 0 Å². The Morgan fingerprint density at radius 3 is 1.53 bits per heavy atom. The van der Waals surface area contributed by atoms with Crippen LogP contribution >= 0.6 is 0 Å². The maximum Gasteiger partial charge on any atom is 0.0582 e. The van der Waals surface area contributed by atoms with Crippen LogP contribution in [0.25, 0.3) is 78.0 Å². The normalized spacial score (nSPS) is 18.9. The summed E-state index contributed by atoms with van der Waals surface area (Å²) in [6, 6.07) is 48.9. The van der Waals surface area contributed by atoms with Crippen LogP contribution in [0.5, 0.6) is 0 Å². The first-order valence-corrected chi connectivity index (χ1v) is 22.9. The van der Waals surface area contributed by atoms with Crippen LogP contribution in [0.4, 0.5) is 0 Å². The number of aromatic nitrogens is 2. The lowest BCUT2D eigenvalue weighted by Crippen LogP contribution is -2.24. The second-order valence-corrected chi connectivity index (χ2v) is 19.3. The molecule has 0 N–H and O–H groups in total. The van der Waals surface area contributed by atoms with Crippen LogP contribution in [0, 0.1) is 27.7 Å². The number of hydrogen-bond acceptors (Lipinski definition) is 0. The second-order valence-electron chi connectivity index (χ2n) is 19.3. The van der Waals surface area contributed by atoms with E-state index in [0.717, 1.165) is 12.8 Å². The van der Waals surface area contributed by atoms with E-state index in [0.29, 0.717) is 11.8 Å². The lowest BCUT2D eigenvalue weighted by atomic mass is 9.62. The Balaban J connectivity index is 1.20. The quantitative estimate of drug-likeness (QED) is 0.168. The van der Waals surface area contributed by atoms with Gasteiger partial charge in [-0.05, 0) is 174 Å². The molecule has 0 saturated heterocycles. The Labute approximate surface area is 366 Å². The first-order chi connectivity index (χ1) is 30.0. The minimum Gasteiger partial charge on any atom is -0.313 e. The minimum absolute atomic E-state index is 0.280. The van der Waals surface area contributed by atoms with Gasteiger partial charge in [0, 0.05) is 38.8 Å². The molecular formula is C60H54N2. The fourth-order valence-electron chi connectivity index (χ4n) is 12.3. The van der Waals surface area contributed by atoms with Gasteiger partial charge in [-0.15, -0.1) is 0 Å². The van der Waals surface area contributed by atoms with Crippen molar-refractivity contribution in [3.05, 3.63) is 189 Å². The Morgan fingerprint density at radius 2 is 0.952 bits per heavy atom. The highest BCUT2D eigenvalue weighted by molar-refractivity contribution is 6.15. The molecule has 0 fully saturated rings. The largest absolute Gasteiger partial charge is 0.313 e. The van der Waals surface area contributed by atoms with E-state index in [9.17, 15) is 0 Å². The molecule has 2 heterocycles. The highest BCUT2D eigenvalue weighted by Gasteiger charge is 2.43. The maximum atomic E-state index is 2.68. The summed E-state index contributed by atoms with van der Waals surface area (Å²) in [5.74, 6) is 1.29. The van der Waals surface area contributed by atoms with E-state index in [1.54, 1.807) is 0 Å². The van der Waals surface area contributed by atoms with E-state index in [1.165, 1.54) is 133 Å². The lowest BCUT2D eigenvalue weighted by Gasteiger charge is -2.42. The van der Waals surface area contributed by atoms with Crippen LogP contribution in [0.15, 0.2) is 127 Å². The summed E-state index contributed by atoms with van der Waals surface area (Å²) in [5, 5.41) is 4.13. The van der Waals surface area contributed by atoms with Crippen molar-refractivity contribution in [1.82, 2.24) is 9.13 Å². The number of nitrogens with zero attached hydrogens (tertiary/aromatic N) is 2. The van der Waals surface area contributed by atoms with Gasteiger partial charge in [0.15, 0.2) is 0 Å². The van der Waals surface area contributed by atoms with Crippen molar-refractivity contribution >= 4 is 44.4 Å². The smallest absolute Gasteiger partial charge is 0.0582 e. The van der Waals surface area contributed by atoms with Crippen molar-refractivity contribution in [3.63, 3.8) is 0 Å². The third-order valence-electron chi connectivity index (χ3n) is 15.3. The van der Waals surface area contributed by atoms with Crippen LogP contribution in [0.3, 0.4) is 0 Å².